The Morgan fingerprint density at radius 3 is 2.67 bits per heavy atom. The van der Waals surface area contributed by atoms with E-state index in [1.807, 2.05) is 0 Å². The molecule has 0 aliphatic rings. The molecule has 0 fully saturated rings. The Balaban J connectivity index is 1.74. The van der Waals surface area contributed by atoms with Crippen LogP contribution in [0, 0.1) is 5.82 Å². The van der Waals surface area contributed by atoms with Crippen LogP contribution in [-0.4, -0.2) is 15.5 Å². The molecule has 0 bridgehead atoms. The summed E-state index contributed by atoms with van der Waals surface area (Å²) < 4.78 is 14.2. The van der Waals surface area contributed by atoms with Gasteiger partial charge in [0.15, 0.2) is 0 Å². The van der Waals surface area contributed by atoms with Crippen molar-refractivity contribution in [1.82, 2.24) is 14.9 Å². The van der Waals surface area contributed by atoms with E-state index < -0.39 is 0 Å². The number of carbonyl (C=O) groups excluding carboxylic acids is 1. The second-order valence-electron chi connectivity index (χ2n) is 5.54. The van der Waals surface area contributed by atoms with Crippen LogP contribution in [0.2, 0.25) is 0 Å². The number of aromatic nitrogens is 2. The molecule has 1 heterocycles. The number of benzene rings is 2. The van der Waals surface area contributed by atoms with Gasteiger partial charge in [0.05, 0.1) is 23.3 Å². The summed E-state index contributed by atoms with van der Waals surface area (Å²) in [5, 5.41) is 3.26. The molecule has 1 N–H and O–H groups in total. The van der Waals surface area contributed by atoms with Crippen LogP contribution in [0.15, 0.2) is 59.7 Å². The van der Waals surface area contributed by atoms with Crippen LogP contribution in [0.5, 0.6) is 0 Å². The second-order valence-corrected chi connectivity index (χ2v) is 5.54. The molecule has 0 radical (unpaired) electrons. The Labute approximate surface area is 137 Å². The maximum absolute atomic E-state index is 12.9. The number of nitrogens with zero attached hydrogens (tertiary/aromatic N) is 2. The minimum absolute atomic E-state index is 0.123. The topological polar surface area (TPSA) is 64.0 Å². The first kappa shape index (κ1) is 15.9. The molecule has 2 aromatic carbocycles. The van der Waals surface area contributed by atoms with Gasteiger partial charge in [0.25, 0.3) is 5.56 Å². The van der Waals surface area contributed by atoms with Crippen LogP contribution >= 0.6 is 0 Å². The lowest BCUT2D eigenvalue weighted by Crippen LogP contribution is -2.34. The molecule has 1 aromatic heterocycles. The van der Waals surface area contributed by atoms with E-state index in [9.17, 15) is 14.0 Å². The first-order valence-corrected chi connectivity index (χ1v) is 7.53. The molecular formula is C18H16FN3O2. The number of fused-ring (bicyclic) bond motifs is 1. The molecule has 3 rings (SSSR count). The molecule has 3 aromatic rings. The molecule has 0 aliphatic carbocycles. The monoisotopic (exact) mass is 325 g/mol. The fourth-order valence-corrected chi connectivity index (χ4v) is 2.50. The van der Waals surface area contributed by atoms with Gasteiger partial charge in [0, 0.05) is 0 Å². The molecule has 0 spiro atoms. The highest BCUT2D eigenvalue weighted by Gasteiger charge is 2.12. The van der Waals surface area contributed by atoms with Crippen LogP contribution in [-0.2, 0) is 11.3 Å². The standard InChI is InChI=1S/C18H16FN3O2/c1-12(13-6-8-14(19)9-7-13)21-17(23)10-22-11-20-16-5-3-2-4-15(16)18(22)24/h2-9,11-12H,10H2,1H3,(H,21,23). The van der Waals surface area contributed by atoms with E-state index in [2.05, 4.69) is 10.3 Å². The van der Waals surface area contributed by atoms with Crippen molar-refractivity contribution in [2.45, 2.75) is 19.5 Å². The zero-order chi connectivity index (χ0) is 17.1. The lowest BCUT2D eigenvalue weighted by atomic mass is 10.1. The van der Waals surface area contributed by atoms with Crippen molar-refractivity contribution in [2.24, 2.45) is 0 Å². The number of carbonyl (C=O) groups is 1. The van der Waals surface area contributed by atoms with Gasteiger partial charge in [-0.3, -0.25) is 14.2 Å². The molecule has 24 heavy (non-hydrogen) atoms. The summed E-state index contributed by atoms with van der Waals surface area (Å²) in [6.07, 6.45) is 1.37. The van der Waals surface area contributed by atoms with E-state index in [0.29, 0.717) is 10.9 Å². The van der Waals surface area contributed by atoms with Crippen molar-refractivity contribution in [3.63, 3.8) is 0 Å². The van der Waals surface area contributed by atoms with Crippen LogP contribution in [0.1, 0.15) is 18.5 Å². The van der Waals surface area contributed by atoms with Crippen LogP contribution in [0.4, 0.5) is 4.39 Å². The zero-order valence-electron chi connectivity index (χ0n) is 13.1. The van der Waals surface area contributed by atoms with Gasteiger partial charge in [0.1, 0.15) is 12.4 Å². The Kier molecular flexibility index (Phi) is 4.37. The van der Waals surface area contributed by atoms with Crippen LogP contribution in [0.25, 0.3) is 10.9 Å². The van der Waals surface area contributed by atoms with E-state index in [0.717, 1.165) is 5.56 Å². The predicted molar refractivity (Wildman–Crippen MR) is 89.0 cm³/mol. The fourth-order valence-electron chi connectivity index (χ4n) is 2.50. The minimum Gasteiger partial charge on any atom is -0.348 e. The van der Waals surface area contributed by atoms with E-state index in [4.69, 9.17) is 0 Å². The van der Waals surface area contributed by atoms with Crippen molar-refractivity contribution in [1.29, 1.82) is 0 Å². The number of para-hydroxylation sites is 1. The summed E-state index contributed by atoms with van der Waals surface area (Å²) in [5.74, 6) is -0.642. The molecule has 1 unspecified atom stereocenters. The number of nitrogens with one attached hydrogen (secondary N) is 1. The summed E-state index contributed by atoms with van der Waals surface area (Å²) in [6.45, 7) is 1.68. The third-order valence-corrected chi connectivity index (χ3v) is 3.79. The van der Waals surface area contributed by atoms with E-state index in [-0.39, 0.29) is 29.9 Å². The zero-order valence-corrected chi connectivity index (χ0v) is 13.1. The number of hydrogen-bond acceptors (Lipinski definition) is 3. The lowest BCUT2D eigenvalue weighted by Gasteiger charge is -2.15. The smallest absolute Gasteiger partial charge is 0.261 e. The highest BCUT2D eigenvalue weighted by Crippen LogP contribution is 2.12. The third kappa shape index (κ3) is 3.32. The molecule has 122 valence electrons. The molecule has 0 saturated carbocycles. The molecule has 6 heteroatoms. The van der Waals surface area contributed by atoms with Gasteiger partial charge in [-0.1, -0.05) is 24.3 Å². The molecule has 5 nitrogen and oxygen atoms in total. The Morgan fingerprint density at radius 2 is 1.92 bits per heavy atom. The Bertz CT molecular complexity index is 935. The van der Waals surface area contributed by atoms with Gasteiger partial charge >= 0.3 is 0 Å². The molecule has 0 aliphatic heterocycles. The highest BCUT2D eigenvalue weighted by atomic mass is 19.1. The number of halogens is 1. The summed E-state index contributed by atoms with van der Waals surface area (Å²) in [5.41, 5.74) is 1.12. The van der Waals surface area contributed by atoms with Crippen LogP contribution in [0.3, 0.4) is 0 Å². The highest BCUT2D eigenvalue weighted by molar-refractivity contribution is 5.79. The fraction of sp³-hybridized carbons (Fsp3) is 0.167. The van der Waals surface area contributed by atoms with Gasteiger partial charge < -0.3 is 5.32 Å². The first-order valence-electron chi connectivity index (χ1n) is 7.53. The van der Waals surface area contributed by atoms with Gasteiger partial charge in [-0.2, -0.15) is 0 Å². The number of rotatable bonds is 4. The number of amides is 1. The number of hydrogen-bond donors (Lipinski definition) is 1. The average Bonchev–Trinajstić information content (AvgIpc) is 2.58. The summed E-state index contributed by atoms with van der Waals surface area (Å²) in [4.78, 5) is 28.7. The minimum atomic E-state index is -0.328. The quantitative estimate of drug-likeness (QED) is 0.801. The average molecular weight is 325 g/mol. The molecular weight excluding hydrogens is 309 g/mol. The molecule has 1 atom stereocenters. The largest absolute Gasteiger partial charge is 0.348 e. The van der Waals surface area contributed by atoms with Gasteiger partial charge in [-0.25, -0.2) is 9.37 Å². The normalized spacial score (nSPS) is 12.1. The molecule has 0 saturated heterocycles. The maximum Gasteiger partial charge on any atom is 0.261 e. The summed E-state index contributed by atoms with van der Waals surface area (Å²) in [6, 6.07) is 12.6. The predicted octanol–water partition coefficient (Wildman–Crippen LogP) is 2.41. The van der Waals surface area contributed by atoms with E-state index in [1.54, 1.807) is 43.3 Å². The SMILES string of the molecule is CC(NC(=O)Cn1cnc2ccccc2c1=O)c1ccc(F)cc1. The van der Waals surface area contributed by atoms with Crippen LogP contribution < -0.4 is 10.9 Å². The van der Waals surface area contributed by atoms with Gasteiger partial charge in [-0.05, 0) is 36.8 Å². The first-order chi connectivity index (χ1) is 11.5. The van der Waals surface area contributed by atoms with Crippen molar-refractivity contribution >= 4 is 16.8 Å². The maximum atomic E-state index is 12.9. The van der Waals surface area contributed by atoms with Crippen molar-refractivity contribution in [3.8, 4) is 0 Å². The van der Waals surface area contributed by atoms with Gasteiger partial charge in [0.2, 0.25) is 5.91 Å². The Hall–Kier alpha value is -3.02. The second kappa shape index (κ2) is 6.62. The summed E-state index contributed by atoms with van der Waals surface area (Å²) >= 11 is 0. The third-order valence-electron chi connectivity index (χ3n) is 3.79. The Morgan fingerprint density at radius 1 is 1.21 bits per heavy atom. The lowest BCUT2D eigenvalue weighted by molar-refractivity contribution is -0.122. The van der Waals surface area contributed by atoms with Gasteiger partial charge in [-0.15, -0.1) is 0 Å². The van der Waals surface area contributed by atoms with E-state index in [1.165, 1.54) is 23.0 Å². The van der Waals surface area contributed by atoms with Crippen molar-refractivity contribution < 1.29 is 9.18 Å². The van der Waals surface area contributed by atoms with E-state index >= 15 is 0 Å². The molecule has 1 amide bonds. The van der Waals surface area contributed by atoms with Crippen molar-refractivity contribution in [3.05, 3.63) is 76.6 Å². The summed E-state index contributed by atoms with van der Waals surface area (Å²) in [7, 11) is 0. The van der Waals surface area contributed by atoms with Crippen molar-refractivity contribution in [2.75, 3.05) is 0 Å².